The van der Waals surface area contributed by atoms with Crippen LogP contribution >= 0.6 is 23.5 Å². The van der Waals surface area contributed by atoms with E-state index in [0.29, 0.717) is 11.2 Å². The highest BCUT2D eigenvalue weighted by atomic mass is 32.2. The van der Waals surface area contributed by atoms with Crippen LogP contribution in [0.4, 0.5) is 11.6 Å². The van der Waals surface area contributed by atoms with Crippen molar-refractivity contribution in [2.75, 3.05) is 41.5 Å². The van der Waals surface area contributed by atoms with Gasteiger partial charge in [-0.05, 0) is 19.8 Å². The number of anilines is 2. The lowest BCUT2D eigenvalue weighted by atomic mass is 10.2. The van der Waals surface area contributed by atoms with E-state index in [2.05, 4.69) is 46.1 Å². The van der Waals surface area contributed by atoms with Gasteiger partial charge in [0.05, 0.1) is 0 Å². The molecule has 1 aliphatic heterocycles. The first kappa shape index (κ1) is 14.3. The van der Waals surface area contributed by atoms with Crippen molar-refractivity contribution in [3.8, 4) is 0 Å². The van der Waals surface area contributed by atoms with Gasteiger partial charge in [-0.25, -0.2) is 9.97 Å². The molecule has 20 heavy (non-hydrogen) atoms. The molecule has 1 saturated heterocycles. The van der Waals surface area contributed by atoms with E-state index in [1.54, 1.807) is 0 Å². The Kier molecular flexibility index (Phi) is 4.61. The molecule has 110 valence electrons. The minimum absolute atomic E-state index is 0.586. The van der Waals surface area contributed by atoms with E-state index < -0.39 is 0 Å². The third-order valence-electron chi connectivity index (χ3n) is 3.72. The minimum atomic E-state index is 0.586. The highest BCUT2D eigenvalue weighted by Gasteiger charge is 2.28. The average Bonchev–Trinajstić information content (AvgIpc) is 3.32. The Labute approximate surface area is 129 Å². The molecule has 2 fully saturated rings. The van der Waals surface area contributed by atoms with Crippen molar-refractivity contribution in [3.05, 3.63) is 11.4 Å². The average molecular weight is 310 g/mol. The molecule has 0 aromatic carbocycles. The summed E-state index contributed by atoms with van der Waals surface area (Å²) in [6.07, 6.45) is 2.47. The standard InChI is InChI=1S/C14H22N4S2/c1-9-12(15-2)17-14(10-3-4-10)18-13(9)16-7-11-8-19-5-6-20-11/h10-11H,3-8H2,1-2H3,(H2,15,16,17,18). The van der Waals surface area contributed by atoms with Crippen LogP contribution in [-0.4, -0.2) is 46.1 Å². The zero-order valence-corrected chi connectivity index (χ0v) is 13.7. The number of aromatic nitrogens is 2. The summed E-state index contributed by atoms with van der Waals surface area (Å²) in [6, 6.07) is 0. The first-order valence-corrected chi connectivity index (χ1v) is 9.47. The Morgan fingerprint density at radius 2 is 2.00 bits per heavy atom. The Morgan fingerprint density at radius 1 is 1.20 bits per heavy atom. The third-order valence-corrected chi connectivity index (χ3v) is 6.57. The molecule has 0 radical (unpaired) electrons. The van der Waals surface area contributed by atoms with Crippen molar-refractivity contribution in [3.63, 3.8) is 0 Å². The molecule has 2 heterocycles. The van der Waals surface area contributed by atoms with Crippen molar-refractivity contribution in [2.45, 2.75) is 30.9 Å². The summed E-state index contributed by atoms with van der Waals surface area (Å²) in [5.41, 5.74) is 1.13. The summed E-state index contributed by atoms with van der Waals surface area (Å²) >= 11 is 4.14. The summed E-state index contributed by atoms with van der Waals surface area (Å²) in [7, 11) is 1.93. The summed E-state index contributed by atoms with van der Waals surface area (Å²) in [5, 5.41) is 7.45. The molecule has 1 aliphatic carbocycles. The fourth-order valence-electron chi connectivity index (χ4n) is 2.34. The van der Waals surface area contributed by atoms with Crippen LogP contribution in [0.3, 0.4) is 0 Å². The molecule has 6 heteroatoms. The van der Waals surface area contributed by atoms with Gasteiger partial charge in [-0.2, -0.15) is 23.5 Å². The van der Waals surface area contributed by atoms with Crippen molar-refractivity contribution in [1.82, 2.24) is 9.97 Å². The largest absolute Gasteiger partial charge is 0.373 e. The van der Waals surface area contributed by atoms with E-state index in [9.17, 15) is 0 Å². The van der Waals surface area contributed by atoms with E-state index in [1.807, 2.05) is 7.05 Å². The summed E-state index contributed by atoms with van der Waals surface area (Å²) in [5.74, 6) is 7.39. The van der Waals surface area contributed by atoms with Crippen LogP contribution < -0.4 is 10.6 Å². The van der Waals surface area contributed by atoms with Crippen molar-refractivity contribution < 1.29 is 0 Å². The van der Waals surface area contributed by atoms with Crippen molar-refractivity contribution in [1.29, 1.82) is 0 Å². The van der Waals surface area contributed by atoms with E-state index in [4.69, 9.17) is 4.98 Å². The maximum Gasteiger partial charge on any atom is 0.136 e. The summed E-state index contributed by atoms with van der Waals surface area (Å²) in [4.78, 5) is 9.39. The number of hydrogen-bond donors (Lipinski definition) is 2. The van der Waals surface area contributed by atoms with Crippen LogP contribution in [0, 0.1) is 6.92 Å². The van der Waals surface area contributed by atoms with Gasteiger partial charge in [0.2, 0.25) is 0 Å². The molecular weight excluding hydrogens is 288 g/mol. The molecule has 1 atom stereocenters. The van der Waals surface area contributed by atoms with Crippen molar-refractivity contribution in [2.24, 2.45) is 0 Å². The zero-order chi connectivity index (χ0) is 13.9. The highest BCUT2D eigenvalue weighted by molar-refractivity contribution is 8.06. The lowest BCUT2D eigenvalue weighted by molar-refractivity contribution is 0.906. The Morgan fingerprint density at radius 3 is 2.65 bits per heavy atom. The minimum Gasteiger partial charge on any atom is -0.373 e. The lowest BCUT2D eigenvalue weighted by Gasteiger charge is -2.22. The van der Waals surface area contributed by atoms with Gasteiger partial charge in [0.15, 0.2) is 0 Å². The molecular formula is C14H22N4S2. The quantitative estimate of drug-likeness (QED) is 0.872. The molecule has 0 bridgehead atoms. The topological polar surface area (TPSA) is 49.8 Å². The van der Waals surface area contributed by atoms with Gasteiger partial charge in [-0.15, -0.1) is 0 Å². The summed E-state index contributed by atoms with van der Waals surface area (Å²) in [6.45, 7) is 3.09. The SMILES string of the molecule is CNc1nc(C2CC2)nc(NCC2CSCCS2)c1C. The van der Waals surface area contributed by atoms with Gasteiger partial charge in [-0.3, -0.25) is 0 Å². The Hall–Kier alpha value is -0.620. The predicted molar refractivity (Wildman–Crippen MR) is 90.4 cm³/mol. The second kappa shape index (κ2) is 6.43. The molecule has 0 spiro atoms. The smallest absolute Gasteiger partial charge is 0.136 e. The molecule has 1 aromatic heterocycles. The van der Waals surface area contributed by atoms with Crippen LogP contribution in [0.2, 0.25) is 0 Å². The molecule has 0 amide bonds. The number of hydrogen-bond acceptors (Lipinski definition) is 6. The molecule has 3 rings (SSSR count). The fraction of sp³-hybridized carbons (Fsp3) is 0.714. The molecule has 1 unspecified atom stereocenters. The number of nitrogens with zero attached hydrogens (tertiary/aromatic N) is 2. The predicted octanol–water partition coefficient (Wildman–Crippen LogP) is 2.96. The van der Waals surface area contributed by atoms with Crippen molar-refractivity contribution >= 4 is 35.2 Å². The van der Waals surface area contributed by atoms with Gasteiger partial charge in [0.1, 0.15) is 17.5 Å². The molecule has 2 N–H and O–H groups in total. The second-order valence-electron chi connectivity index (χ2n) is 5.38. The number of thioether (sulfide) groups is 2. The second-order valence-corrected chi connectivity index (χ2v) is 7.93. The maximum absolute atomic E-state index is 4.75. The third kappa shape index (κ3) is 3.34. The molecule has 2 aliphatic rings. The van der Waals surface area contributed by atoms with E-state index in [0.717, 1.165) is 29.6 Å². The molecule has 1 aromatic rings. The van der Waals surface area contributed by atoms with Crippen LogP contribution in [0.15, 0.2) is 0 Å². The number of nitrogens with one attached hydrogen (secondary N) is 2. The van der Waals surface area contributed by atoms with Gasteiger partial charge >= 0.3 is 0 Å². The van der Waals surface area contributed by atoms with Gasteiger partial charge in [0, 0.05) is 47.6 Å². The fourth-order valence-corrected chi connectivity index (χ4v) is 4.95. The monoisotopic (exact) mass is 310 g/mol. The van der Waals surface area contributed by atoms with Crippen LogP contribution in [0.1, 0.15) is 30.1 Å². The summed E-state index contributed by atoms with van der Waals surface area (Å²) < 4.78 is 0. The van der Waals surface area contributed by atoms with Crippen LogP contribution in [-0.2, 0) is 0 Å². The first-order chi connectivity index (χ1) is 9.78. The van der Waals surface area contributed by atoms with E-state index in [-0.39, 0.29) is 0 Å². The zero-order valence-electron chi connectivity index (χ0n) is 12.1. The maximum atomic E-state index is 4.75. The lowest BCUT2D eigenvalue weighted by Crippen LogP contribution is -2.24. The highest BCUT2D eigenvalue weighted by Crippen LogP contribution is 2.39. The first-order valence-electron chi connectivity index (χ1n) is 7.27. The van der Waals surface area contributed by atoms with Gasteiger partial charge in [0.25, 0.3) is 0 Å². The Balaban J connectivity index is 1.71. The normalized spacial score (nSPS) is 22.6. The van der Waals surface area contributed by atoms with Gasteiger partial charge in [-0.1, -0.05) is 0 Å². The Bertz CT molecular complexity index is 470. The molecule has 4 nitrogen and oxygen atoms in total. The van der Waals surface area contributed by atoms with Crippen LogP contribution in [0.5, 0.6) is 0 Å². The van der Waals surface area contributed by atoms with E-state index in [1.165, 1.54) is 30.1 Å². The molecule has 1 saturated carbocycles. The number of rotatable bonds is 5. The van der Waals surface area contributed by atoms with E-state index >= 15 is 0 Å². The van der Waals surface area contributed by atoms with Gasteiger partial charge < -0.3 is 10.6 Å². The van der Waals surface area contributed by atoms with Crippen LogP contribution in [0.25, 0.3) is 0 Å².